The van der Waals surface area contributed by atoms with Gasteiger partial charge < -0.3 is 10.4 Å². The van der Waals surface area contributed by atoms with Crippen molar-refractivity contribution in [3.63, 3.8) is 0 Å². The number of fused-ring (bicyclic) bond motifs is 1. The summed E-state index contributed by atoms with van der Waals surface area (Å²) in [6.45, 7) is 1.12. The maximum absolute atomic E-state index is 10.3. The van der Waals surface area contributed by atoms with E-state index in [-0.39, 0.29) is 0 Å². The molecule has 2 aliphatic rings. The highest BCUT2D eigenvalue weighted by Crippen LogP contribution is 2.38. The fourth-order valence-electron chi connectivity index (χ4n) is 3.25. The molecule has 3 rings (SSSR count). The number of benzene rings is 1. The zero-order valence-corrected chi connectivity index (χ0v) is 12.2. The van der Waals surface area contributed by atoms with Crippen LogP contribution in [0.15, 0.2) is 10.5 Å². The van der Waals surface area contributed by atoms with Gasteiger partial charge in [0.25, 0.3) is 0 Å². The molecule has 1 aliphatic carbocycles. The number of hydrogen-bond donors (Lipinski definition) is 2. The average molecular weight is 310 g/mol. The van der Waals surface area contributed by atoms with E-state index in [0.29, 0.717) is 11.8 Å². The highest BCUT2D eigenvalue weighted by Gasteiger charge is 2.21. The lowest BCUT2D eigenvalue weighted by Gasteiger charge is -2.21. The predicted molar refractivity (Wildman–Crippen MR) is 77.2 cm³/mol. The van der Waals surface area contributed by atoms with Gasteiger partial charge in [-0.1, -0.05) is 6.07 Å². The summed E-state index contributed by atoms with van der Waals surface area (Å²) in [5.41, 5.74) is 3.89. The Morgan fingerprint density at radius 3 is 2.89 bits per heavy atom. The molecule has 1 aliphatic heterocycles. The van der Waals surface area contributed by atoms with E-state index in [1.807, 2.05) is 0 Å². The van der Waals surface area contributed by atoms with Crippen molar-refractivity contribution in [3.05, 3.63) is 27.2 Å². The van der Waals surface area contributed by atoms with Crippen LogP contribution in [-0.4, -0.2) is 17.7 Å². The molecule has 0 saturated carbocycles. The summed E-state index contributed by atoms with van der Waals surface area (Å²) in [6, 6.07) is 2.79. The van der Waals surface area contributed by atoms with E-state index in [0.717, 1.165) is 29.4 Å². The molecule has 1 heterocycles. The van der Waals surface area contributed by atoms with Crippen LogP contribution in [0.1, 0.15) is 42.4 Å². The molecule has 2 N–H and O–H groups in total. The van der Waals surface area contributed by atoms with Gasteiger partial charge in [-0.2, -0.15) is 0 Å². The van der Waals surface area contributed by atoms with Crippen molar-refractivity contribution in [1.82, 2.24) is 5.32 Å². The summed E-state index contributed by atoms with van der Waals surface area (Å²) in [5.74, 6) is 0.476. The highest BCUT2D eigenvalue weighted by atomic mass is 79.9. The first-order chi connectivity index (χ1) is 8.75. The molecule has 0 aromatic heterocycles. The zero-order chi connectivity index (χ0) is 12.5. The molecule has 0 radical (unpaired) electrons. The van der Waals surface area contributed by atoms with Gasteiger partial charge in [0.2, 0.25) is 0 Å². The Hall–Kier alpha value is -0.540. The van der Waals surface area contributed by atoms with Crippen molar-refractivity contribution < 1.29 is 5.11 Å². The second-order valence-electron chi connectivity index (χ2n) is 5.54. The highest BCUT2D eigenvalue weighted by molar-refractivity contribution is 9.10. The maximum atomic E-state index is 10.3. The first kappa shape index (κ1) is 12.5. The molecule has 1 saturated heterocycles. The second-order valence-corrected chi connectivity index (χ2v) is 6.33. The van der Waals surface area contributed by atoms with E-state index in [1.165, 1.54) is 43.2 Å². The fraction of sp³-hybridized carbons (Fsp3) is 0.600. The SMILES string of the molecule is Oc1c(CC2CCCN2)cc2c(c1Br)CCCC2. The average Bonchev–Trinajstić information content (AvgIpc) is 2.89. The summed E-state index contributed by atoms with van der Waals surface area (Å²) in [5, 5.41) is 13.8. The first-order valence-corrected chi connectivity index (χ1v) is 7.80. The number of rotatable bonds is 2. The van der Waals surface area contributed by atoms with Crippen molar-refractivity contribution in [2.24, 2.45) is 0 Å². The summed E-state index contributed by atoms with van der Waals surface area (Å²) in [6.07, 6.45) is 8.24. The van der Waals surface area contributed by atoms with Crippen LogP contribution >= 0.6 is 15.9 Å². The predicted octanol–water partition coefficient (Wildman–Crippen LogP) is 3.33. The molecule has 1 atom stereocenters. The Kier molecular flexibility index (Phi) is 3.62. The molecule has 0 amide bonds. The normalized spacial score (nSPS) is 23.1. The molecular formula is C15H20BrNO. The monoisotopic (exact) mass is 309 g/mol. The molecule has 3 heteroatoms. The number of aromatic hydroxyl groups is 1. The third kappa shape index (κ3) is 2.30. The molecular weight excluding hydrogens is 290 g/mol. The molecule has 1 unspecified atom stereocenters. The minimum Gasteiger partial charge on any atom is -0.506 e. The Morgan fingerprint density at radius 1 is 1.28 bits per heavy atom. The molecule has 2 nitrogen and oxygen atoms in total. The number of halogens is 1. The van der Waals surface area contributed by atoms with Gasteiger partial charge in [0, 0.05) is 6.04 Å². The molecule has 98 valence electrons. The number of phenolic OH excluding ortho intramolecular Hbond substituents is 1. The van der Waals surface area contributed by atoms with Gasteiger partial charge in [-0.15, -0.1) is 0 Å². The van der Waals surface area contributed by atoms with E-state index in [9.17, 15) is 5.11 Å². The molecule has 0 bridgehead atoms. The lowest BCUT2D eigenvalue weighted by atomic mass is 9.88. The molecule has 1 aromatic carbocycles. The standard InChI is InChI=1S/C15H20BrNO/c16-14-13-6-2-1-4-10(13)8-11(15(14)18)9-12-5-3-7-17-12/h8,12,17-18H,1-7,9H2. The first-order valence-electron chi connectivity index (χ1n) is 7.01. The van der Waals surface area contributed by atoms with Crippen molar-refractivity contribution in [2.45, 2.75) is 51.0 Å². The Bertz CT molecular complexity index is 452. The second kappa shape index (κ2) is 5.22. The minimum absolute atomic E-state index is 0.476. The van der Waals surface area contributed by atoms with Gasteiger partial charge in [0.1, 0.15) is 5.75 Å². The number of aryl methyl sites for hydroxylation is 1. The largest absolute Gasteiger partial charge is 0.506 e. The lowest BCUT2D eigenvalue weighted by molar-refractivity contribution is 0.456. The summed E-state index contributed by atoms with van der Waals surface area (Å²) in [4.78, 5) is 0. The van der Waals surface area contributed by atoms with Crippen LogP contribution < -0.4 is 5.32 Å². The van der Waals surface area contributed by atoms with Crippen LogP contribution in [0.5, 0.6) is 5.75 Å². The van der Waals surface area contributed by atoms with Gasteiger partial charge in [-0.05, 0) is 84.1 Å². The topological polar surface area (TPSA) is 32.3 Å². The van der Waals surface area contributed by atoms with Crippen molar-refractivity contribution in [1.29, 1.82) is 0 Å². The zero-order valence-electron chi connectivity index (χ0n) is 10.6. The maximum Gasteiger partial charge on any atom is 0.133 e. The van der Waals surface area contributed by atoms with Crippen LogP contribution in [-0.2, 0) is 19.3 Å². The number of nitrogens with one attached hydrogen (secondary N) is 1. The van der Waals surface area contributed by atoms with Gasteiger partial charge >= 0.3 is 0 Å². The van der Waals surface area contributed by atoms with Crippen molar-refractivity contribution in [3.8, 4) is 5.75 Å². The van der Waals surface area contributed by atoms with Crippen molar-refractivity contribution in [2.75, 3.05) is 6.54 Å². The number of phenols is 1. The van der Waals surface area contributed by atoms with E-state index in [4.69, 9.17) is 0 Å². The fourth-order valence-corrected chi connectivity index (χ4v) is 3.96. The molecule has 1 aromatic rings. The number of hydrogen-bond acceptors (Lipinski definition) is 2. The van der Waals surface area contributed by atoms with E-state index >= 15 is 0 Å². The molecule has 1 fully saturated rings. The van der Waals surface area contributed by atoms with Gasteiger partial charge in [-0.3, -0.25) is 0 Å². The lowest BCUT2D eigenvalue weighted by Crippen LogP contribution is -2.24. The third-order valence-electron chi connectivity index (χ3n) is 4.26. The Morgan fingerprint density at radius 2 is 2.11 bits per heavy atom. The van der Waals surface area contributed by atoms with E-state index in [2.05, 4.69) is 27.3 Å². The summed E-state index contributed by atoms with van der Waals surface area (Å²) in [7, 11) is 0. The molecule has 0 spiro atoms. The van der Waals surface area contributed by atoms with Crippen molar-refractivity contribution >= 4 is 15.9 Å². The van der Waals surface area contributed by atoms with Crippen LogP contribution in [0.3, 0.4) is 0 Å². The van der Waals surface area contributed by atoms with Crippen LogP contribution in [0.25, 0.3) is 0 Å². The Labute approximate surface area is 117 Å². The quantitative estimate of drug-likeness (QED) is 0.878. The van der Waals surface area contributed by atoms with Crippen LogP contribution in [0, 0.1) is 0 Å². The van der Waals surface area contributed by atoms with E-state index in [1.54, 1.807) is 0 Å². The molecule has 18 heavy (non-hydrogen) atoms. The smallest absolute Gasteiger partial charge is 0.133 e. The van der Waals surface area contributed by atoms with Gasteiger partial charge in [0.05, 0.1) is 4.47 Å². The summed E-state index contributed by atoms with van der Waals surface area (Å²) >= 11 is 3.60. The van der Waals surface area contributed by atoms with Crippen LogP contribution in [0.2, 0.25) is 0 Å². The van der Waals surface area contributed by atoms with Crippen LogP contribution in [0.4, 0.5) is 0 Å². The van der Waals surface area contributed by atoms with E-state index < -0.39 is 0 Å². The van der Waals surface area contributed by atoms with Gasteiger partial charge in [0.15, 0.2) is 0 Å². The minimum atomic E-state index is 0.476. The Balaban J connectivity index is 1.91. The third-order valence-corrected chi connectivity index (χ3v) is 5.12. The summed E-state index contributed by atoms with van der Waals surface area (Å²) < 4.78 is 0.952. The van der Waals surface area contributed by atoms with Gasteiger partial charge in [-0.25, -0.2) is 0 Å².